The van der Waals surface area contributed by atoms with Crippen LogP contribution in [-0.4, -0.2) is 52.1 Å². The smallest absolute Gasteiger partial charge is 0.230 e. The van der Waals surface area contributed by atoms with E-state index in [1.807, 2.05) is 24.0 Å². The molecule has 1 N–H and O–H groups in total. The second kappa shape index (κ2) is 6.35. The number of benzene rings is 1. The first-order valence-electron chi connectivity index (χ1n) is 8.77. The van der Waals surface area contributed by atoms with Crippen molar-refractivity contribution in [2.75, 3.05) is 31.1 Å². The van der Waals surface area contributed by atoms with Gasteiger partial charge in [0, 0.05) is 44.1 Å². The van der Waals surface area contributed by atoms with Gasteiger partial charge in [0.05, 0.1) is 11.6 Å². The molecule has 6 heteroatoms. The van der Waals surface area contributed by atoms with Crippen LogP contribution in [0, 0.1) is 6.92 Å². The molecule has 6 nitrogen and oxygen atoms in total. The highest BCUT2D eigenvalue weighted by Gasteiger charge is 2.35. The predicted molar refractivity (Wildman–Crippen MR) is 94.7 cm³/mol. The third kappa shape index (κ3) is 2.81. The number of nitrogens with zero attached hydrogens (tertiary/aromatic N) is 4. The molecule has 1 atom stereocenters. The SMILES string of the molecule is Cc1nccnc1N1CCN(C(=O)C2CCc3cccc(O)c32)CC1. The Morgan fingerprint density at radius 3 is 2.68 bits per heavy atom. The number of carbonyl (C=O) groups is 1. The Hall–Kier alpha value is -2.63. The lowest BCUT2D eigenvalue weighted by Crippen LogP contribution is -2.50. The molecule has 1 aromatic carbocycles. The number of aromatic nitrogens is 2. The van der Waals surface area contributed by atoms with Gasteiger partial charge in [0.15, 0.2) is 0 Å². The second-order valence-electron chi connectivity index (χ2n) is 6.72. The van der Waals surface area contributed by atoms with Crippen LogP contribution in [-0.2, 0) is 11.2 Å². The number of carbonyl (C=O) groups excluding carboxylic acids is 1. The van der Waals surface area contributed by atoms with E-state index in [4.69, 9.17) is 0 Å². The molecule has 1 amide bonds. The third-order valence-corrected chi connectivity index (χ3v) is 5.27. The van der Waals surface area contributed by atoms with Crippen molar-refractivity contribution in [3.8, 4) is 5.75 Å². The highest BCUT2D eigenvalue weighted by atomic mass is 16.3. The fourth-order valence-electron chi connectivity index (χ4n) is 3.98. The van der Waals surface area contributed by atoms with E-state index >= 15 is 0 Å². The fraction of sp³-hybridized carbons (Fsp3) is 0.421. The van der Waals surface area contributed by atoms with Gasteiger partial charge < -0.3 is 14.9 Å². The molecule has 1 aliphatic carbocycles. The molecule has 1 unspecified atom stereocenters. The summed E-state index contributed by atoms with van der Waals surface area (Å²) in [4.78, 5) is 25.8. The van der Waals surface area contributed by atoms with Crippen LogP contribution in [0.4, 0.5) is 5.82 Å². The van der Waals surface area contributed by atoms with E-state index in [0.29, 0.717) is 13.1 Å². The Morgan fingerprint density at radius 2 is 1.92 bits per heavy atom. The van der Waals surface area contributed by atoms with Crippen molar-refractivity contribution in [1.82, 2.24) is 14.9 Å². The summed E-state index contributed by atoms with van der Waals surface area (Å²) >= 11 is 0. The van der Waals surface area contributed by atoms with Crippen molar-refractivity contribution in [3.05, 3.63) is 47.4 Å². The zero-order valence-corrected chi connectivity index (χ0v) is 14.4. The van der Waals surface area contributed by atoms with Crippen LogP contribution in [0.25, 0.3) is 0 Å². The van der Waals surface area contributed by atoms with Crippen LogP contribution < -0.4 is 4.90 Å². The highest BCUT2D eigenvalue weighted by Crippen LogP contribution is 2.40. The van der Waals surface area contributed by atoms with Gasteiger partial charge in [0.25, 0.3) is 0 Å². The molecule has 0 saturated carbocycles. The molecule has 1 saturated heterocycles. The summed E-state index contributed by atoms with van der Waals surface area (Å²) in [6.45, 7) is 4.82. The van der Waals surface area contributed by atoms with E-state index in [9.17, 15) is 9.90 Å². The molecule has 0 bridgehead atoms. The second-order valence-corrected chi connectivity index (χ2v) is 6.72. The number of hydrogen-bond acceptors (Lipinski definition) is 5. The maximum atomic E-state index is 13.0. The lowest BCUT2D eigenvalue weighted by atomic mass is 9.98. The number of phenolic OH excluding ortho intramolecular Hbond substituents is 1. The molecule has 0 radical (unpaired) electrons. The van der Waals surface area contributed by atoms with Gasteiger partial charge in [-0.1, -0.05) is 12.1 Å². The van der Waals surface area contributed by atoms with Gasteiger partial charge in [-0.15, -0.1) is 0 Å². The number of hydrogen-bond donors (Lipinski definition) is 1. The molecular formula is C19H22N4O2. The summed E-state index contributed by atoms with van der Waals surface area (Å²) < 4.78 is 0. The maximum Gasteiger partial charge on any atom is 0.230 e. The van der Waals surface area contributed by atoms with Crippen molar-refractivity contribution in [2.45, 2.75) is 25.7 Å². The van der Waals surface area contributed by atoms with E-state index in [1.165, 1.54) is 0 Å². The first-order chi connectivity index (χ1) is 12.1. The molecule has 130 valence electrons. The topological polar surface area (TPSA) is 69.6 Å². The van der Waals surface area contributed by atoms with E-state index in [0.717, 1.165) is 48.6 Å². The molecule has 0 spiro atoms. The van der Waals surface area contributed by atoms with Crippen LogP contribution in [0.3, 0.4) is 0 Å². The monoisotopic (exact) mass is 338 g/mol. The lowest BCUT2D eigenvalue weighted by Gasteiger charge is -2.37. The van der Waals surface area contributed by atoms with Gasteiger partial charge in [-0.3, -0.25) is 9.78 Å². The molecule has 25 heavy (non-hydrogen) atoms. The summed E-state index contributed by atoms with van der Waals surface area (Å²) in [5, 5.41) is 10.2. The fourth-order valence-corrected chi connectivity index (χ4v) is 3.98. The minimum absolute atomic E-state index is 0.135. The Balaban J connectivity index is 1.46. The Labute approximate surface area is 147 Å². The van der Waals surface area contributed by atoms with E-state index in [-0.39, 0.29) is 17.6 Å². The number of amides is 1. The molecule has 1 aliphatic heterocycles. The number of rotatable bonds is 2. The zero-order chi connectivity index (χ0) is 17.4. The standard InChI is InChI=1S/C19H22N4O2/c1-13-18(21-8-7-20-13)22-9-11-23(12-10-22)19(25)15-6-5-14-3-2-4-16(24)17(14)15/h2-4,7-8,15,24H,5-6,9-12H2,1H3. The molecule has 2 heterocycles. The van der Waals surface area contributed by atoms with Gasteiger partial charge >= 0.3 is 0 Å². The normalized spacial score (nSPS) is 19.8. The van der Waals surface area contributed by atoms with Crippen LogP contribution in [0.2, 0.25) is 0 Å². The maximum absolute atomic E-state index is 13.0. The number of phenols is 1. The molecular weight excluding hydrogens is 316 g/mol. The van der Waals surface area contributed by atoms with Crippen molar-refractivity contribution in [1.29, 1.82) is 0 Å². The average molecular weight is 338 g/mol. The Bertz CT molecular complexity index is 800. The molecule has 2 aromatic rings. The lowest BCUT2D eigenvalue weighted by molar-refractivity contribution is -0.133. The van der Waals surface area contributed by atoms with Gasteiger partial charge in [-0.25, -0.2) is 4.98 Å². The first-order valence-corrected chi connectivity index (χ1v) is 8.77. The Kier molecular flexibility index (Phi) is 4.03. The summed E-state index contributed by atoms with van der Waals surface area (Å²) in [6.07, 6.45) is 5.05. The minimum Gasteiger partial charge on any atom is -0.508 e. The van der Waals surface area contributed by atoms with Gasteiger partial charge in [0.1, 0.15) is 11.6 Å². The van der Waals surface area contributed by atoms with E-state index in [2.05, 4.69) is 14.9 Å². The Morgan fingerprint density at radius 1 is 1.16 bits per heavy atom. The number of piperazine rings is 1. The molecule has 2 aliphatic rings. The van der Waals surface area contributed by atoms with Crippen LogP contribution >= 0.6 is 0 Å². The van der Waals surface area contributed by atoms with Crippen molar-refractivity contribution >= 4 is 11.7 Å². The summed E-state index contributed by atoms with van der Waals surface area (Å²) in [7, 11) is 0. The van der Waals surface area contributed by atoms with Crippen molar-refractivity contribution < 1.29 is 9.90 Å². The minimum atomic E-state index is -0.207. The van der Waals surface area contributed by atoms with E-state index in [1.54, 1.807) is 18.5 Å². The summed E-state index contributed by atoms with van der Waals surface area (Å²) in [6, 6.07) is 5.54. The van der Waals surface area contributed by atoms with Crippen LogP contribution in [0.5, 0.6) is 5.75 Å². The summed E-state index contributed by atoms with van der Waals surface area (Å²) in [5.74, 6) is 1.08. The zero-order valence-electron chi connectivity index (χ0n) is 14.4. The van der Waals surface area contributed by atoms with Crippen LogP contribution in [0.15, 0.2) is 30.6 Å². The van der Waals surface area contributed by atoms with Crippen molar-refractivity contribution in [3.63, 3.8) is 0 Å². The number of aryl methyl sites for hydroxylation is 2. The third-order valence-electron chi connectivity index (χ3n) is 5.27. The number of fused-ring (bicyclic) bond motifs is 1. The van der Waals surface area contributed by atoms with Gasteiger partial charge in [-0.2, -0.15) is 0 Å². The van der Waals surface area contributed by atoms with Gasteiger partial charge in [0.2, 0.25) is 5.91 Å². The predicted octanol–water partition coefficient (Wildman–Crippen LogP) is 1.87. The molecule has 1 fully saturated rings. The van der Waals surface area contributed by atoms with Crippen LogP contribution in [0.1, 0.15) is 29.2 Å². The highest BCUT2D eigenvalue weighted by molar-refractivity contribution is 5.86. The quantitative estimate of drug-likeness (QED) is 0.905. The van der Waals surface area contributed by atoms with Crippen molar-refractivity contribution in [2.24, 2.45) is 0 Å². The first kappa shape index (κ1) is 15.9. The number of aromatic hydroxyl groups is 1. The average Bonchev–Trinajstić information content (AvgIpc) is 3.07. The number of anilines is 1. The largest absolute Gasteiger partial charge is 0.508 e. The molecule has 1 aromatic heterocycles. The van der Waals surface area contributed by atoms with Gasteiger partial charge in [-0.05, 0) is 31.4 Å². The summed E-state index contributed by atoms with van der Waals surface area (Å²) in [5.41, 5.74) is 2.85. The molecule has 4 rings (SSSR count). The van der Waals surface area contributed by atoms with E-state index < -0.39 is 0 Å².